The van der Waals surface area contributed by atoms with Gasteiger partial charge in [0, 0.05) is 16.1 Å². The van der Waals surface area contributed by atoms with Gasteiger partial charge in [-0.1, -0.05) is 39.0 Å². The molecule has 0 aliphatic rings. The highest BCUT2D eigenvalue weighted by Gasteiger charge is 2.25. The summed E-state index contributed by atoms with van der Waals surface area (Å²) < 4.78 is 5.06. The Labute approximate surface area is 130 Å². The second-order valence-corrected chi connectivity index (χ2v) is 7.41. The highest BCUT2D eigenvalue weighted by atomic mass is 32.2. The number of rotatable bonds is 6. The summed E-state index contributed by atoms with van der Waals surface area (Å²) in [5.74, 6) is -0.164. The van der Waals surface area contributed by atoms with Gasteiger partial charge in [-0.3, -0.25) is 4.79 Å². The second-order valence-electron chi connectivity index (χ2n) is 5.57. The van der Waals surface area contributed by atoms with Crippen LogP contribution in [0.15, 0.2) is 30.3 Å². The lowest BCUT2D eigenvalue weighted by atomic mass is 10.2. The van der Waals surface area contributed by atoms with Gasteiger partial charge in [-0.25, -0.2) is 4.79 Å². The van der Waals surface area contributed by atoms with Crippen molar-refractivity contribution in [3.05, 3.63) is 35.9 Å². The van der Waals surface area contributed by atoms with Gasteiger partial charge >= 0.3 is 5.97 Å². The number of hydrogen-bond donors (Lipinski definition) is 1. The number of esters is 1. The molecule has 1 aromatic rings. The van der Waals surface area contributed by atoms with E-state index in [1.807, 2.05) is 6.07 Å². The predicted molar refractivity (Wildman–Crippen MR) is 86.5 cm³/mol. The zero-order chi connectivity index (χ0) is 15.9. The minimum Gasteiger partial charge on any atom is -0.464 e. The molecule has 1 aromatic carbocycles. The Morgan fingerprint density at radius 1 is 1.24 bits per heavy atom. The molecule has 1 rings (SSSR count). The average Bonchev–Trinajstić information content (AvgIpc) is 2.43. The van der Waals surface area contributed by atoms with Crippen LogP contribution in [0.4, 0.5) is 0 Å². The minimum atomic E-state index is -0.637. The van der Waals surface area contributed by atoms with Gasteiger partial charge < -0.3 is 10.1 Å². The summed E-state index contributed by atoms with van der Waals surface area (Å²) in [5, 5.41) is 2.76. The fourth-order valence-electron chi connectivity index (χ4n) is 1.58. The molecule has 0 aliphatic carbocycles. The predicted octanol–water partition coefficient (Wildman–Crippen LogP) is 2.88. The fraction of sp³-hybridized carbons (Fsp3) is 0.500. The van der Waals surface area contributed by atoms with Crippen molar-refractivity contribution in [2.24, 2.45) is 0 Å². The molecule has 1 atom stereocenters. The molecule has 0 aliphatic heterocycles. The van der Waals surface area contributed by atoms with E-state index in [-0.39, 0.29) is 10.7 Å². The monoisotopic (exact) mass is 309 g/mol. The molecule has 1 N–H and O–H groups in total. The van der Waals surface area contributed by atoms with Crippen molar-refractivity contribution in [1.29, 1.82) is 0 Å². The number of benzene rings is 1. The summed E-state index contributed by atoms with van der Waals surface area (Å²) in [4.78, 5) is 24.1. The van der Waals surface area contributed by atoms with E-state index in [1.54, 1.807) is 43.0 Å². The normalized spacial score (nSPS) is 12.6. The van der Waals surface area contributed by atoms with Crippen LogP contribution in [0.2, 0.25) is 0 Å². The summed E-state index contributed by atoms with van der Waals surface area (Å²) in [6.45, 7) is 8.26. The molecule has 1 unspecified atom stereocenters. The lowest BCUT2D eigenvalue weighted by Crippen LogP contribution is -2.44. The first-order valence-corrected chi connectivity index (χ1v) is 7.98. The molecular weight excluding hydrogens is 286 g/mol. The lowest BCUT2D eigenvalue weighted by Gasteiger charge is -2.22. The molecule has 21 heavy (non-hydrogen) atoms. The first kappa shape index (κ1) is 17.6. The third kappa shape index (κ3) is 6.67. The van der Waals surface area contributed by atoms with E-state index in [9.17, 15) is 9.59 Å². The maximum absolute atomic E-state index is 12.2. The van der Waals surface area contributed by atoms with Gasteiger partial charge in [0.2, 0.25) is 0 Å². The van der Waals surface area contributed by atoms with Gasteiger partial charge in [-0.2, -0.15) is 11.8 Å². The third-order valence-corrected chi connectivity index (χ3v) is 3.96. The van der Waals surface area contributed by atoms with Crippen LogP contribution in [-0.2, 0) is 9.53 Å². The van der Waals surface area contributed by atoms with Gasteiger partial charge in [0.1, 0.15) is 6.04 Å². The molecular formula is C16H23NO3S. The quantitative estimate of drug-likeness (QED) is 0.821. The number of amides is 1. The molecule has 0 saturated heterocycles. The Kier molecular flexibility index (Phi) is 6.75. The van der Waals surface area contributed by atoms with Gasteiger partial charge in [-0.05, 0) is 19.1 Å². The number of ether oxygens (including phenoxy) is 1. The number of thioether (sulfide) groups is 1. The molecule has 0 spiro atoms. The van der Waals surface area contributed by atoms with Crippen LogP contribution >= 0.6 is 11.8 Å². The molecule has 116 valence electrons. The zero-order valence-electron chi connectivity index (χ0n) is 13.0. The number of carbonyl (C=O) groups is 2. The molecule has 5 heteroatoms. The number of nitrogens with one attached hydrogen (secondary N) is 1. The zero-order valence-corrected chi connectivity index (χ0v) is 13.8. The SMILES string of the molecule is CCOC(=O)C(CSC(C)(C)C)NC(=O)c1ccccc1. The molecule has 1 amide bonds. The third-order valence-electron chi connectivity index (χ3n) is 2.60. The molecule has 0 bridgehead atoms. The van der Waals surface area contributed by atoms with Crippen LogP contribution in [-0.4, -0.2) is 35.0 Å². The van der Waals surface area contributed by atoms with E-state index in [4.69, 9.17) is 4.74 Å². The van der Waals surface area contributed by atoms with Crippen molar-refractivity contribution in [1.82, 2.24) is 5.32 Å². The molecule has 0 saturated carbocycles. The van der Waals surface area contributed by atoms with Gasteiger partial charge in [0.25, 0.3) is 5.91 Å². The van der Waals surface area contributed by atoms with Crippen molar-refractivity contribution in [2.75, 3.05) is 12.4 Å². The first-order valence-electron chi connectivity index (χ1n) is 7.00. The largest absolute Gasteiger partial charge is 0.464 e. The Bertz CT molecular complexity index is 468. The molecule has 0 radical (unpaired) electrons. The van der Waals surface area contributed by atoms with Gasteiger partial charge in [-0.15, -0.1) is 0 Å². The van der Waals surface area contributed by atoms with Crippen LogP contribution in [0.1, 0.15) is 38.1 Å². The van der Waals surface area contributed by atoms with Crippen LogP contribution < -0.4 is 5.32 Å². The molecule has 4 nitrogen and oxygen atoms in total. The van der Waals surface area contributed by atoms with Crippen molar-refractivity contribution in [3.8, 4) is 0 Å². The number of hydrogen-bond acceptors (Lipinski definition) is 4. The van der Waals surface area contributed by atoms with Gasteiger partial charge in [0.05, 0.1) is 6.61 Å². The average molecular weight is 309 g/mol. The van der Waals surface area contributed by atoms with Crippen molar-refractivity contribution in [3.63, 3.8) is 0 Å². The van der Waals surface area contributed by atoms with Crippen molar-refractivity contribution in [2.45, 2.75) is 38.5 Å². The summed E-state index contributed by atoms with van der Waals surface area (Å²) >= 11 is 1.62. The lowest BCUT2D eigenvalue weighted by molar-refractivity contribution is -0.144. The van der Waals surface area contributed by atoms with Gasteiger partial charge in [0.15, 0.2) is 0 Å². The Hall–Kier alpha value is -1.49. The number of carbonyl (C=O) groups excluding carboxylic acids is 2. The maximum Gasteiger partial charge on any atom is 0.329 e. The Morgan fingerprint density at radius 2 is 1.86 bits per heavy atom. The minimum absolute atomic E-state index is 0.0161. The van der Waals surface area contributed by atoms with Crippen LogP contribution in [0.25, 0.3) is 0 Å². The van der Waals surface area contributed by atoms with E-state index in [1.165, 1.54) is 0 Å². The van der Waals surface area contributed by atoms with Crippen molar-refractivity contribution < 1.29 is 14.3 Å². The molecule has 0 fully saturated rings. The molecule has 0 aromatic heterocycles. The Balaban J connectivity index is 2.72. The molecule has 0 heterocycles. The van der Waals surface area contributed by atoms with E-state index >= 15 is 0 Å². The summed E-state index contributed by atoms with van der Waals surface area (Å²) in [5.41, 5.74) is 0.535. The van der Waals surface area contributed by atoms with Crippen LogP contribution in [0, 0.1) is 0 Å². The summed E-state index contributed by atoms with van der Waals surface area (Å²) in [6.07, 6.45) is 0. The highest BCUT2D eigenvalue weighted by Crippen LogP contribution is 2.24. The topological polar surface area (TPSA) is 55.4 Å². The van der Waals surface area contributed by atoms with E-state index < -0.39 is 12.0 Å². The maximum atomic E-state index is 12.2. The van der Waals surface area contributed by atoms with Crippen molar-refractivity contribution >= 4 is 23.6 Å². The summed E-state index contributed by atoms with van der Waals surface area (Å²) in [7, 11) is 0. The van der Waals surface area contributed by atoms with E-state index in [2.05, 4.69) is 26.1 Å². The Morgan fingerprint density at radius 3 is 2.38 bits per heavy atom. The van der Waals surface area contributed by atoms with E-state index in [0.717, 1.165) is 0 Å². The van der Waals surface area contributed by atoms with E-state index in [0.29, 0.717) is 17.9 Å². The highest BCUT2D eigenvalue weighted by molar-refractivity contribution is 8.00. The fourth-order valence-corrected chi connectivity index (χ4v) is 2.46. The van der Waals surface area contributed by atoms with Crippen LogP contribution in [0.3, 0.4) is 0 Å². The summed E-state index contributed by atoms with van der Waals surface area (Å²) in [6, 6.07) is 8.22. The first-order chi connectivity index (χ1) is 9.83. The standard InChI is InChI=1S/C16H23NO3S/c1-5-20-15(19)13(11-21-16(2,3)4)17-14(18)12-9-7-6-8-10-12/h6-10,13H,5,11H2,1-4H3,(H,17,18). The second kappa shape index (κ2) is 8.08. The van der Waals surface area contributed by atoms with Crippen LogP contribution in [0.5, 0.6) is 0 Å². The smallest absolute Gasteiger partial charge is 0.329 e.